The summed E-state index contributed by atoms with van der Waals surface area (Å²) in [6.07, 6.45) is 0. The van der Waals surface area contributed by atoms with Crippen LogP contribution in [0.2, 0.25) is 5.02 Å². The summed E-state index contributed by atoms with van der Waals surface area (Å²) >= 11 is 7.46. The van der Waals surface area contributed by atoms with E-state index in [1.807, 2.05) is 30.3 Å². The Hall–Kier alpha value is -1.69. The number of aliphatic hydroxyl groups is 1. The van der Waals surface area contributed by atoms with E-state index in [2.05, 4.69) is 9.97 Å². The third-order valence-electron chi connectivity index (χ3n) is 3.07. The maximum atomic E-state index is 9.39. The quantitative estimate of drug-likeness (QED) is 0.766. The van der Waals surface area contributed by atoms with Crippen LogP contribution in [0.25, 0.3) is 11.0 Å². The Labute approximate surface area is 131 Å². The standard InChI is InChI=1S/C15H13ClN2O2S/c1-20-11-4-5-12-13(7-11)18-15(17-12)21-14-6-10(16)3-2-9(14)8-19/h2-7,19H,8H2,1H3,(H,17,18). The zero-order valence-corrected chi connectivity index (χ0v) is 12.8. The third kappa shape index (κ3) is 3.00. The number of benzene rings is 2. The molecule has 4 nitrogen and oxygen atoms in total. The Morgan fingerprint density at radius 2 is 2.14 bits per heavy atom. The van der Waals surface area contributed by atoms with Crippen molar-refractivity contribution >= 4 is 34.4 Å². The van der Waals surface area contributed by atoms with Gasteiger partial charge in [0, 0.05) is 16.0 Å². The maximum Gasteiger partial charge on any atom is 0.171 e. The van der Waals surface area contributed by atoms with E-state index in [1.165, 1.54) is 11.8 Å². The van der Waals surface area contributed by atoms with Crippen LogP contribution in [-0.4, -0.2) is 22.2 Å². The molecule has 3 aromatic rings. The molecule has 0 spiro atoms. The summed E-state index contributed by atoms with van der Waals surface area (Å²) in [5, 5.41) is 10.8. The highest BCUT2D eigenvalue weighted by atomic mass is 35.5. The number of hydrogen-bond acceptors (Lipinski definition) is 4. The number of nitrogens with one attached hydrogen (secondary N) is 1. The van der Waals surface area contributed by atoms with E-state index in [0.29, 0.717) is 5.02 Å². The molecular weight excluding hydrogens is 308 g/mol. The smallest absolute Gasteiger partial charge is 0.171 e. The number of imidazole rings is 1. The van der Waals surface area contributed by atoms with Gasteiger partial charge in [0.2, 0.25) is 0 Å². The van der Waals surface area contributed by atoms with E-state index in [-0.39, 0.29) is 6.61 Å². The number of halogens is 1. The van der Waals surface area contributed by atoms with E-state index in [1.54, 1.807) is 13.2 Å². The first-order valence-corrected chi connectivity index (χ1v) is 7.50. The van der Waals surface area contributed by atoms with Crippen LogP contribution in [0.15, 0.2) is 46.5 Å². The van der Waals surface area contributed by atoms with E-state index in [0.717, 1.165) is 32.4 Å². The lowest BCUT2D eigenvalue weighted by atomic mass is 10.2. The first kappa shape index (κ1) is 14.3. The molecule has 0 aliphatic carbocycles. The van der Waals surface area contributed by atoms with Gasteiger partial charge in [0.05, 0.1) is 24.8 Å². The van der Waals surface area contributed by atoms with Gasteiger partial charge in [-0.15, -0.1) is 0 Å². The average molecular weight is 321 g/mol. The number of rotatable bonds is 4. The number of hydrogen-bond donors (Lipinski definition) is 2. The van der Waals surface area contributed by atoms with Gasteiger partial charge in [0.15, 0.2) is 5.16 Å². The van der Waals surface area contributed by atoms with E-state index < -0.39 is 0 Å². The van der Waals surface area contributed by atoms with Gasteiger partial charge in [-0.25, -0.2) is 4.98 Å². The lowest BCUT2D eigenvalue weighted by molar-refractivity contribution is 0.279. The van der Waals surface area contributed by atoms with Gasteiger partial charge in [-0.2, -0.15) is 0 Å². The van der Waals surface area contributed by atoms with Crippen LogP contribution in [0.5, 0.6) is 5.75 Å². The molecule has 1 heterocycles. The number of nitrogens with zero attached hydrogens (tertiary/aromatic N) is 1. The van der Waals surface area contributed by atoms with Crippen LogP contribution in [-0.2, 0) is 6.61 Å². The van der Waals surface area contributed by atoms with Crippen molar-refractivity contribution in [2.75, 3.05) is 7.11 Å². The number of methoxy groups -OCH3 is 1. The topological polar surface area (TPSA) is 58.1 Å². The van der Waals surface area contributed by atoms with Gasteiger partial charge >= 0.3 is 0 Å². The molecule has 0 atom stereocenters. The van der Waals surface area contributed by atoms with Crippen molar-refractivity contribution in [1.29, 1.82) is 0 Å². The van der Waals surface area contributed by atoms with Crippen LogP contribution in [0.4, 0.5) is 0 Å². The zero-order valence-electron chi connectivity index (χ0n) is 11.3. The highest BCUT2D eigenvalue weighted by Crippen LogP contribution is 2.32. The lowest BCUT2D eigenvalue weighted by Crippen LogP contribution is -1.87. The van der Waals surface area contributed by atoms with Gasteiger partial charge in [-0.3, -0.25) is 0 Å². The molecule has 6 heteroatoms. The molecule has 0 aliphatic heterocycles. The molecule has 0 bridgehead atoms. The molecule has 0 radical (unpaired) electrons. The second-order valence-electron chi connectivity index (χ2n) is 4.44. The minimum absolute atomic E-state index is 0.0342. The van der Waals surface area contributed by atoms with E-state index >= 15 is 0 Å². The molecule has 0 fully saturated rings. The van der Waals surface area contributed by atoms with Crippen molar-refractivity contribution in [3.8, 4) is 5.75 Å². The lowest BCUT2D eigenvalue weighted by Gasteiger charge is -2.05. The summed E-state index contributed by atoms with van der Waals surface area (Å²) in [5.41, 5.74) is 2.60. The van der Waals surface area contributed by atoms with Crippen molar-refractivity contribution in [3.05, 3.63) is 47.0 Å². The Morgan fingerprint density at radius 3 is 2.90 bits per heavy atom. The molecule has 1 aromatic heterocycles. The molecule has 2 N–H and O–H groups in total. The first-order chi connectivity index (χ1) is 10.2. The van der Waals surface area contributed by atoms with Crippen molar-refractivity contribution < 1.29 is 9.84 Å². The summed E-state index contributed by atoms with van der Waals surface area (Å²) in [7, 11) is 1.63. The fraction of sp³-hybridized carbons (Fsp3) is 0.133. The highest BCUT2D eigenvalue weighted by molar-refractivity contribution is 7.99. The SMILES string of the molecule is COc1ccc2nc(Sc3cc(Cl)ccc3CO)[nH]c2c1. The maximum absolute atomic E-state index is 9.39. The van der Waals surface area contributed by atoms with Crippen LogP contribution in [0, 0.1) is 0 Å². The van der Waals surface area contributed by atoms with Crippen LogP contribution >= 0.6 is 23.4 Å². The van der Waals surface area contributed by atoms with Crippen molar-refractivity contribution in [1.82, 2.24) is 9.97 Å². The zero-order chi connectivity index (χ0) is 14.8. The molecule has 21 heavy (non-hydrogen) atoms. The molecule has 0 amide bonds. The molecule has 3 rings (SSSR count). The van der Waals surface area contributed by atoms with Crippen molar-refractivity contribution in [2.24, 2.45) is 0 Å². The van der Waals surface area contributed by atoms with Gasteiger partial charge in [-0.1, -0.05) is 29.4 Å². The Bertz CT molecular complexity index is 788. The average Bonchev–Trinajstić information content (AvgIpc) is 2.88. The molecule has 108 valence electrons. The summed E-state index contributed by atoms with van der Waals surface area (Å²) in [4.78, 5) is 8.64. The second kappa shape index (κ2) is 5.97. The predicted molar refractivity (Wildman–Crippen MR) is 84.1 cm³/mol. The summed E-state index contributed by atoms with van der Waals surface area (Å²) in [6.45, 7) is -0.0342. The Kier molecular flexibility index (Phi) is 4.05. The van der Waals surface area contributed by atoms with Crippen LogP contribution in [0.3, 0.4) is 0 Å². The number of H-pyrrole nitrogens is 1. The van der Waals surface area contributed by atoms with E-state index in [4.69, 9.17) is 16.3 Å². The largest absolute Gasteiger partial charge is 0.497 e. The second-order valence-corrected chi connectivity index (χ2v) is 5.90. The fourth-order valence-corrected chi connectivity index (χ4v) is 3.20. The van der Waals surface area contributed by atoms with Gasteiger partial charge in [0.1, 0.15) is 5.75 Å². The van der Waals surface area contributed by atoms with Gasteiger partial charge in [-0.05, 0) is 29.8 Å². The molecule has 2 aromatic carbocycles. The Morgan fingerprint density at radius 1 is 1.29 bits per heavy atom. The Balaban J connectivity index is 1.96. The minimum atomic E-state index is -0.0342. The molecular formula is C15H13ClN2O2S. The van der Waals surface area contributed by atoms with Crippen LogP contribution < -0.4 is 4.74 Å². The molecule has 0 aliphatic rings. The fourth-order valence-electron chi connectivity index (χ4n) is 2.00. The molecule has 0 saturated carbocycles. The highest BCUT2D eigenvalue weighted by Gasteiger charge is 2.09. The molecule has 0 unspecified atom stereocenters. The van der Waals surface area contributed by atoms with Crippen molar-refractivity contribution in [2.45, 2.75) is 16.7 Å². The third-order valence-corrected chi connectivity index (χ3v) is 4.30. The number of ether oxygens (including phenoxy) is 1. The normalized spacial score (nSPS) is 11.0. The summed E-state index contributed by atoms with van der Waals surface area (Å²) in [6, 6.07) is 11.1. The monoisotopic (exact) mass is 320 g/mol. The van der Waals surface area contributed by atoms with E-state index in [9.17, 15) is 5.11 Å². The minimum Gasteiger partial charge on any atom is -0.497 e. The van der Waals surface area contributed by atoms with Gasteiger partial charge < -0.3 is 14.8 Å². The number of aromatic nitrogens is 2. The van der Waals surface area contributed by atoms with Crippen LogP contribution in [0.1, 0.15) is 5.56 Å². The van der Waals surface area contributed by atoms with Gasteiger partial charge in [0.25, 0.3) is 0 Å². The first-order valence-electron chi connectivity index (χ1n) is 6.30. The summed E-state index contributed by atoms with van der Waals surface area (Å²) < 4.78 is 5.20. The number of aromatic amines is 1. The predicted octanol–water partition coefficient (Wildman–Crippen LogP) is 3.87. The molecule has 0 saturated heterocycles. The summed E-state index contributed by atoms with van der Waals surface area (Å²) in [5.74, 6) is 0.779. The number of fused-ring (bicyclic) bond motifs is 1. The van der Waals surface area contributed by atoms with Crippen molar-refractivity contribution in [3.63, 3.8) is 0 Å². The number of aliphatic hydroxyl groups excluding tert-OH is 1.